The maximum Gasteiger partial charge on any atom is 0.278 e. The quantitative estimate of drug-likeness (QED) is 0.814. The Morgan fingerprint density at radius 3 is 2.59 bits per heavy atom. The van der Waals surface area contributed by atoms with Crippen LogP contribution >= 0.6 is 15.9 Å². The Kier molecular flexibility index (Phi) is 4.51. The van der Waals surface area contributed by atoms with Gasteiger partial charge in [-0.1, -0.05) is 12.7 Å². The van der Waals surface area contributed by atoms with Crippen LogP contribution in [-0.2, 0) is 0 Å². The van der Waals surface area contributed by atoms with Crippen molar-refractivity contribution in [3.8, 4) is 11.5 Å². The van der Waals surface area contributed by atoms with Gasteiger partial charge in [-0.25, -0.2) is 8.78 Å². The summed E-state index contributed by atoms with van der Waals surface area (Å²) >= 11 is 3.28. The fourth-order valence-corrected chi connectivity index (χ4v) is 1.81. The molecule has 0 radical (unpaired) electrons. The predicted octanol–water partition coefficient (Wildman–Crippen LogP) is 4.13. The van der Waals surface area contributed by atoms with Gasteiger partial charge in [0.1, 0.15) is 0 Å². The van der Waals surface area contributed by atoms with Gasteiger partial charge in [0.05, 0.1) is 11.6 Å². The van der Waals surface area contributed by atoms with Crippen LogP contribution in [0.25, 0.3) is 6.08 Å². The van der Waals surface area contributed by atoms with Gasteiger partial charge in [0.2, 0.25) is 0 Å². The summed E-state index contributed by atoms with van der Waals surface area (Å²) in [5, 5.41) is 0. The number of benzene rings is 1. The minimum Gasteiger partial charge on any atom is -0.493 e. The SMILES string of the molecule is C=Cc1ccc(OC)c(OCC(C)(F)F)c1Br. The molecule has 0 aliphatic heterocycles. The zero-order chi connectivity index (χ0) is 13.1. The smallest absolute Gasteiger partial charge is 0.278 e. The molecule has 0 unspecified atom stereocenters. The maximum absolute atomic E-state index is 12.8. The molecule has 0 atom stereocenters. The third-order valence-corrected chi connectivity index (χ3v) is 2.82. The van der Waals surface area contributed by atoms with Gasteiger partial charge in [-0.15, -0.1) is 0 Å². The molecule has 94 valence electrons. The third-order valence-electron chi connectivity index (χ3n) is 2.00. The van der Waals surface area contributed by atoms with Crippen LogP contribution in [0.4, 0.5) is 8.78 Å². The van der Waals surface area contributed by atoms with Crippen LogP contribution in [-0.4, -0.2) is 19.6 Å². The van der Waals surface area contributed by atoms with E-state index in [0.717, 1.165) is 12.5 Å². The van der Waals surface area contributed by atoms with E-state index in [-0.39, 0.29) is 5.75 Å². The van der Waals surface area contributed by atoms with Gasteiger partial charge < -0.3 is 9.47 Å². The van der Waals surface area contributed by atoms with Gasteiger partial charge in [-0.2, -0.15) is 0 Å². The molecule has 2 nitrogen and oxygen atoms in total. The zero-order valence-electron chi connectivity index (χ0n) is 9.60. The molecule has 0 amide bonds. The lowest BCUT2D eigenvalue weighted by atomic mass is 10.2. The minimum atomic E-state index is -2.89. The van der Waals surface area contributed by atoms with Crippen molar-refractivity contribution in [3.63, 3.8) is 0 Å². The van der Waals surface area contributed by atoms with E-state index in [0.29, 0.717) is 10.2 Å². The van der Waals surface area contributed by atoms with E-state index >= 15 is 0 Å². The molecule has 0 heterocycles. The van der Waals surface area contributed by atoms with Crippen LogP contribution < -0.4 is 9.47 Å². The van der Waals surface area contributed by atoms with Crippen LogP contribution in [0.1, 0.15) is 12.5 Å². The molecule has 0 spiro atoms. The van der Waals surface area contributed by atoms with Crippen molar-refractivity contribution < 1.29 is 18.3 Å². The first kappa shape index (κ1) is 14.0. The van der Waals surface area contributed by atoms with Gasteiger partial charge in [-0.05, 0) is 33.6 Å². The Morgan fingerprint density at radius 1 is 1.47 bits per heavy atom. The summed E-state index contributed by atoms with van der Waals surface area (Å²) in [6, 6.07) is 3.40. The van der Waals surface area contributed by atoms with Crippen molar-refractivity contribution in [2.75, 3.05) is 13.7 Å². The highest BCUT2D eigenvalue weighted by atomic mass is 79.9. The molecular formula is C12H13BrF2O2. The maximum atomic E-state index is 12.8. The number of methoxy groups -OCH3 is 1. The van der Waals surface area contributed by atoms with Crippen molar-refractivity contribution in [1.82, 2.24) is 0 Å². The van der Waals surface area contributed by atoms with Gasteiger partial charge in [0.15, 0.2) is 18.1 Å². The van der Waals surface area contributed by atoms with Crippen molar-refractivity contribution in [2.24, 2.45) is 0 Å². The molecular weight excluding hydrogens is 294 g/mol. The van der Waals surface area contributed by atoms with Crippen LogP contribution in [0.5, 0.6) is 11.5 Å². The fourth-order valence-electron chi connectivity index (χ4n) is 1.21. The Hall–Kier alpha value is -1.10. The highest BCUT2D eigenvalue weighted by Crippen LogP contribution is 2.38. The Bertz CT molecular complexity index is 414. The Balaban J connectivity index is 3.06. The molecule has 0 saturated carbocycles. The second-order valence-electron chi connectivity index (χ2n) is 3.56. The number of rotatable bonds is 5. The van der Waals surface area contributed by atoms with Gasteiger partial charge in [0.25, 0.3) is 5.92 Å². The van der Waals surface area contributed by atoms with Crippen LogP contribution in [0.3, 0.4) is 0 Å². The highest BCUT2D eigenvalue weighted by molar-refractivity contribution is 9.10. The lowest BCUT2D eigenvalue weighted by molar-refractivity contribution is -0.0237. The average molecular weight is 307 g/mol. The molecule has 0 saturated heterocycles. The summed E-state index contributed by atoms with van der Waals surface area (Å²) in [6.45, 7) is 3.71. The summed E-state index contributed by atoms with van der Waals surface area (Å²) < 4.78 is 36.2. The van der Waals surface area contributed by atoms with E-state index in [1.165, 1.54) is 7.11 Å². The molecule has 17 heavy (non-hydrogen) atoms. The van der Waals surface area contributed by atoms with E-state index in [9.17, 15) is 8.78 Å². The van der Waals surface area contributed by atoms with E-state index in [1.807, 2.05) is 0 Å². The van der Waals surface area contributed by atoms with Crippen LogP contribution in [0, 0.1) is 0 Å². The monoisotopic (exact) mass is 306 g/mol. The molecule has 0 aliphatic carbocycles. The highest BCUT2D eigenvalue weighted by Gasteiger charge is 2.24. The standard InChI is InChI=1S/C12H13BrF2O2/c1-4-8-5-6-9(16-3)11(10(8)13)17-7-12(2,14)15/h4-6H,1,7H2,2-3H3. The van der Waals surface area contributed by atoms with Gasteiger partial charge in [-0.3, -0.25) is 0 Å². The predicted molar refractivity (Wildman–Crippen MR) is 66.9 cm³/mol. The average Bonchev–Trinajstić information content (AvgIpc) is 2.25. The molecule has 0 N–H and O–H groups in total. The molecule has 0 bridgehead atoms. The van der Waals surface area contributed by atoms with Crippen molar-refractivity contribution >= 4 is 22.0 Å². The fraction of sp³-hybridized carbons (Fsp3) is 0.333. The van der Waals surface area contributed by atoms with E-state index < -0.39 is 12.5 Å². The van der Waals surface area contributed by atoms with Crippen LogP contribution in [0.15, 0.2) is 23.2 Å². The summed E-state index contributed by atoms with van der Waals surface area (Å²) in [7, 11) is 1.45. The minimum absolute atomic E-state index is 0.256. The number of hydrogen-bond acceptors (Lipinski definition) is 2. The number of ether oxygens (including phenoxy) is 2. The second kappa shape index (κ2) is 5.49. The Morgan fingerprint density at radius 2 is 2.12 bits per heavy atom. The van der Waals surface area contributed by atoms with E-state index in [1.54, 1.807) is 18.2 Å². The van der Waals surface area contributed by atoms with Crippen LogP contribution in [0.2, 0.25) is 0 Å². The third kappa shape index (κ3) is 3.70. The lowest BCUT2D eigenvalue weighted by Gasteiger charge is -2.16. The molecule has 0 aromatic heterocycles. The molecule has 1 aromatic carbocycles. The summed E-state index contributed by atoms with van der Waals surface area (Å²) in [6.07, 6.45) is 1.60. The zero-order valence-corrected chi connectivity index (χ0v) is 11.2. The number of alkyl halides is 2. The number of halogens is 3. The molecule has 0 fully saturated rings. The normalized spacial score (nSPS) is 11.1. The summed E-state index contributed by atoms with van der Waals surface area (Å²) in [4.78, 5) is 0. The molecule has 1 aromatic rings. The molecule has 1 rings (SSSR count). The topological polar surface area (TPSA) is 18.5 Å². The van der Waals surface area contributed by atoms with E-state index in [4.69, 9.17) is 9.47 Å². The van der Waals surface area contributed by atoms with Crippen molar-refractivity contribution in [1.29, 1.82) is 0 Å². The van der Waals surface area contributed by atoms with Crippen molar-refractivity contribution in [2.45, 2.75) is 12.8 Å². The second-order valence-corrected chi connectivity index (χ2v) is 4.36. The first-order valence-electron chi connectivity index (χ1n) is 4.88. The molecule has 5 heteroatoms. The summed E-state index contributed by atoms with van der Waals surface area (Å²) in [5.41, 5.74) is 0.750. The van der Waals surface area contributed by atoms with Gasteiger partial charge >= 0.3 is 0 Å². The Labute approximate surface area is 107 Å². The summed E-state index contributed by atoms with van der Waals surface area (Å²) in [5.74, 6) is -2.24. The first-order chi connectivity index (χ1) is 7.89. The lowest BCUT2D eigenvalue weighted by Crippen LogP contribution is -2.21. The largest absolute Gasteiger partial charge is 0.493 e. The molecule has 0 aliphatic rings. The van der Waals surface area contributed by atoms with Gasteiger partial charge in [0, 0.05) is 6.92 Å². The number of hydrogen-bond donors (Lipinski definition) is 0. The van der Waals surface area contributed by atoms with E-state index in [2.05, 4.69) is 22.5 Å². The van der Waals surface area contributed by atoms with Crippen molar-refractivity contribution in [3.05, 3.63) is 28.7 Å². The first-order valence-corrected chi connectivity index (χ1v) is 5.68.